The highest BCUT2D eigenvalue weighted by molar-refractivity contribution is 9.10. The minimum absolute atomic E-state index is 0.00349. The van der Waals surface area contributed by atoms with Crippen molar-refractivity contribution in [2.45, 2.75) is 13.8 Å². The predicted molar refractivity (Wildman–Crippen MR) is 70.3 cm³/mol. The van der Waals surface area contributed by atoms with Crippen molar-refractivity contribution in [1.82, 2.24) is 4.98 Å². The van der Waals surface area contributed by atoms with E-state index in [4.69, 9.17) is 9.15 Å². The van der Waals surface area contributed by atoms with Crippen LogP contribution in [0.4, 0.5) is 4.39 Å². The molecule has 0 spiro atoms. The molecule has 1 aromatic carbocycles. The molecule has 100 valence electrons. The monoisotopic (exact) mass is 327 g/mol. The number of aryl methyl sites for hydroxylation is 1. The van der Waals surface area contributed by atoms with Gasteiger partial charge in [0.25, 0.3) is 0 Å². The van der Waals surface area contributed by atoms with Gasteiger partial charge in [0.15, 0.2) is 0 Å². The van der Waals surface area contributed by atoms with Crippen LogP contribution in [0.1, 0.15) is 23.2 Å². The molecule has 0 radical (unpaired) electrons. The summed E-state index contributed by atoms with van der Waals surface area (Å²) in [4.78, 5) is 15.7. The SMILES string of the molecule is CCOC(=O)c1oc(-c2cccc(Br)c2F)nc1C. The molecular formula is C13H11BrFNO3. The van der Waals surface area contributed by atoms with Gasteiger partial charge in [0.2, 0.25) is 11.7 Å². The summed E-state index contributed by atoms with van der Waals surface area (Å²) in [5.74, 6) is -1.04. The van der Waals surface area contributed by atoms with Gasteiger partial charge in [0.1, 0.15) is 5.82 Å². The summed E-state index contributed by atoms with van der Waals surface area (Å²) in [5, 5.41) is 0. The Labute approximate surface area is 117 Å². The summed E-state index contributed by atoms with van der Waals surface area (Å²) in [6.07, 6.45) is 0. The third kappa shape index (κ3) is 2.68. The van der Waals surface area contributed by atoms with Crippen LogP contribution >= 0.6 is 15.9 Å². The van der Waals surface area contributed by atoms with Crippen LogP contribution in [0.5, 0.6) is 0 Å². The maximum Gasteiger partial charge on any atom is 0.376 e. The standard InChI is InChI=1S/C13H11BrFNO3/c1-3-18-13(17)11-7(2)16-12(19-11)8-5-4-6-9(14)10(8)15/h4-6H,3H2,1-2H3. The van der Waals surface area contributed by atoms with Gasteiger partial charge in [0, 0.05) is 0 Å². The highest BCUT2D eigenvalue weighted by atomic mass is 79.9. The zero-order chi connectivity index (χ0) is 14.0. The first-order chi connectivity index (χ1) is 9.04. The quantitative estimate of drug-likeness (QED) is 0.806. The first-order valence-electron chi connectivity index (χ1n) is 5.63. The van der Waals surface area contributed by atoms with Crippen molar-refractivity contribution in [1.29, 1.82) is 0 Å². The molecule has 1 aromatic heterocycles. The van der Waals surface area contributed by atoms with Gasteiger partial charge in [-0.1, -0.05) is 6.07 Å². The Morgan fingerprint density at radius 3 is 2.95 bits per heavy atom. The van der Waals surface area contributed by atoms with Crippen molar-refractivity contribution in [2.75, 3.05) is 6.61 Å². The Bertz CT molecular complexity index is 624. The van der Waals surface area contributed by atoms with E-state index in [1.807, 2.05) is 0 Å². The minimum Gasteiger partial charge on any atom is -0.460 e. The Morgan fingerprint density at radius 2 is 2.26 bits per heavy atom. The molecule has 0 atom stereocenters. The van der Waals surface area contributed by atoms with Crippen molar-refractivity contribution in [3.63, 3.8) is 0 Å². The molecule has 19 heavy (non-hydrogen) atoms. The van der Waals surface area contributed by atoms with Crippen molar-refractivity contribution in [2.24, 2.45) is 0 Å². The summed E-state index contributed by atoms with van der Waals surface area (Å²) in [5.41, 5.74) is 0.556. The van der Waals surface area contributed by atoms with Gasteiger partial charge in [-0.05, 0) is 41.9 Å². The Kier molecular flexibility index (Phi) is 3.99. The highest BCUT2D eigenvalue weighted by Gasteiger charge is 2.21. The molecule has 0 aliphatic carbocycles. The Balaban J connectivity index is 2.45. The van der Waals surface area contributed by atoms with Crippen LogP contribution in [0, 0.1) is 12.7 Å². The van der Waals surface area contributed by atoms with Gasteiger partial charge in [-0.3, -0.25) is 0 Å². The second-order valence-electron chi connectivity index (χ2n) is 3.76. The zero-order valence-corrected chi connectivity index (χ0v) is 12.0. The van der Waals surface area contributed by atoms with E-state index in [1.54, 1.807) is 26.0 Å². The van der Waals surface area contributed by atoms with Gasteiger partial charge in [-0.2, -0.15) is 0 Å². The fourth-order valence-electron chi connectivity index (χ4n) is 1.57. The molecular weight excluding hydrogens is 317 g/mol. The molecule has 4 nitrogen and oxygen atoms in total. The third-order valence-corrected chi connectivity index (χ3v) is 3.05. The number of carbonyl (C=O) groups is 1. The van der Waals surface area contributed by atoms with Crippen LogP contribution in [0.15, 0.2) is 27.1 Å². The Morgan fingerprint density at radius 1 is 1.53 bits per heavy atom. The number of rotatable bonds is 3. The maximum atomic E-state index is 13.9. The molecule has 0 aliphatic heterocycles. The van der Waals surface area contributed by atoms with E-state index >= 15 is 0 Å². The van der Waals surface area contributed by atoms with Gasteiger partial charge >= 0.3 is 5.97 Å². The number of nitrogens with zero attached hydrogens (tertiary/aromatic N) is 1. The molecule has 0 fully saturated rings. The molecule has 1 heterocycles. The first kappa shape index (κ1) is 13.7. The van der Waals surface area contributed by atoms with Crippen LogP contribution < -0.4 is 0 Å². The first-order valence-corrected chi connectivity index (χ1v) is 6.42. The number of esters is 1. The van der Waals surface area contributed by atoms with E-state index < -0.39 is 11.8 Å². The van der Waals surface area contributed by atoms with E-state index in [9.17, 15) is 9.18 Å². The van der Waals surface area contributed by atoms with Gasteiger partial charge < -0.3 is 9.15 Å². The molecule has 6 heteroatoms. The fraction of sp³-hybridized carbons (Fsp3) is 0.231. The topological polar surface area (TPSA) is 52.3 Å². The van der Waals surface area contributed by atoms with Crippen LogP contribution in [0.2, 0.25) is 0 Å². The average molecular weight is 328 g/mol. The predicted octanol–water partition coefficient (Wildman–Crippen LogP) is 3.73. The smallest absolute Gasteiger partial charge is 0.376 e. The molecule has 0 saturated heterocycles. The number of benzene rings is 1. The van der Waals surface area contributed by atoms with Crippen LogP contribution in [-0.2, 0) is 4.74 Å². The van der Waals surface area contributed by atoms with Crippen LogP contribution in [-0.4, -0.2) is 17.6 Å². The Hall–Kier alpha value is -1.69. The summed E-state index contributed by atoms with van der Waals surface area (Å²) in [6, 6.07) is 4.76. The molecule has 2 aromatic rings. The van der Waals surface area contributed by atoms with Crippen molar-refractivity contribution in [3.8, 4) is 11.5 Å². The van der Waals surface area contributed by atoms with E-state index in [0.29, 0.717) is 10.2 Å². The van der Waals surface area contributed by atoms with E-state index in [1.165, 1.54) is 6.07 Å². The van der Waals surface area contributed by atoms with Crippen molar-refractivity contribution >= 4 is 21.9 Å². The van der Waals surface area contributed by atoms with E-state index in [0.717, 1.165) is 0 Å². The number of carbonyl (C=O) groups excluding carboxylic acids is 1. The van der Waals surface area contributed by atoms with Crippen molar-refractivity contribution in [3.05, 3.63) is 39.9 Å². The number of ether oxygens (including phenoxy) is 1. The molecule has 0 N–H and O–H groups in total. The van der Waals surface area contributed by atoms with Gasteiger partial charge in [-0.15, -0.1) is 0 Å². The van der Waals surface area contributed by atoms with E-state index in [2.05, 4.69) is 20.9 Å². The number of hydrogen-bond donors (Lipinski definition) is 0. The number of halogens is 2. The molecule has 0 aliphatic rings. The normalized spacial score (nSPS) is 10.5. The molecule has 0 bridgehead atoms. The summed E-state index contributed by atoms with van der Waals surface area (Å²) < 4.78 is 24.4. The lowest BCUT2D eigenvalue weighted by Crippen LogP contribution is -2.04. The molecule has 2 rings (SSSR count). The zero-order valence-electron chi connectivity index (χ0n) is 10.4. The number of oxazole rings is 1. The van der Waals surface area contributed by atoms with E-state index in [-0.39, 0.29) is 23.8 Å². The lowest BCUT2D eigenvalue weighted by molar-refractivity contribution is 0.0490. The summed E-state index contributed by atoms with van der Waals surface area (Å²) in [6.45, 7) is 3.53. The summed E-state index contributed by atoms with van der Waals surface area (Å²) in [7, 11) is 0. The van der Waals surface area contributed by atoms with Gasteiger partial charge in [0.05, 0.1) is 22.3 Å². The second-order valence-corrected chi connectivity index (χ2v) is 4.61. The fourth-order valence-corrected chi connectivity index (χ4v) is 1.93. The molecule has 0 saturated carbocycles. The largest absolute Gasteiger partial charge is 0.460 e. The number of aromatic nitrogens is 1. The van der Waals surface area contributed by atoms with Crippen LogP contribution in [0.3, 0.4) is 0 Å². The maximum absolute atomic E-state index is 13.9. The molecule has 0 amide bonds. The average Bonchev–Trinajstić information content (AvgIpc) is 2.75. The van der Waals surface area contributed by atoms with Crippen molar-refractivity contribution < 1.29 is 18.3 Å². The lowest BCUT2D eigenvalue weighted by atomic mass is 10.2. The lowest BCUT2D eigenvalue weighted by Gasteiger charge is -2.00. The molecule has 0 unspecified atom stereocenters. The number of hydrogen-bond acceptors (Lipinski definition) is 4. The minimum atomic E-state index is -0.603. The highest BCUT2D eigenvalue weighted by Crippen LogP contribution is 2.28. The van der Waals surface area contributed by atoms with Crippen LogP contribution in [0.25, 0.3) is 11.5 Å². The van der Waals surface area contributed by atoms with Gasteiger partial charge in [-0.25, -0.2) is 14.2 Å². The third-order valence-electron chi connectivity index (χ3n) is 2.44. The summed E-state index contributed by atoms with van der Waals surface area (Å²) >= 11 is 3.09. The second kappa shape index (κ2) is 5.52.